The normalized spacial score (nSPS) is 17.4. The van der Waals surface area contributed by atoms with E-state index in [1.54, 1.807) is 11.3 Å². The van der Waals surface area contributed by atoms with Crippen LogP contribution >= 0.6 is 11.3 Å². The van der Waals surface area contributed by atoms with Gasteiger partial charge in [-0.1, -0.05) is 20.8 Å². The van der Waals surface area contributed by atoms with Crippen LogP contribution in [0.4, 0.5) is 0 Å². The fraction of sp³-hybridized carbons (Fsp3) is 0.733. The Morgan fingerprint density at radius 2 is 2.00 bits per heavy atom. The van der Waals surface area contributed by atoms with Crippen molar-refractivity contribution in [3.05, 3.63) is 15.8 Å². The Labute approximate surface area is 132 Å². The summed E-state index contributed by atoms with van der Waals surface area (Å²) in [7, 11) is -3.39. The van der Waals surface area contributed by atoms with E-state index < -0.39 is 10.0 Å². The Bertz CT molecular complexity index is 574. The molecule has 1 aliphatic rings. The summed E-state index contributed by atoms with van der Waals surface area (Å²) in [4.78, 5) is 2.40. The first kappa shape index (κ1) is 16.9. The maximum absolute atomic E-state index is 12.4. The summed E-state index contributed by atoms with van der Waals surface area (Å²) >= 11 is 1.57. The van der Waals surface area contributed by atoms with Crippen molar-refractivity contribution >= 4 is 21.4 Å². The lowest BCUT2D eigenvalue weighted by Crippen LogP contribution is -2.30. The number of hydrogen-bond acceptors (Lipinski definition) is 4. The molecule has 0 saturated heterocycles. The fourth-order valence-electron chi connectivity index (χ4n) is 1.97. The van der Waals surface area contributed by atoms with E-state index in [1.165, 1.54) is 12.8 Å². The predicted octanol–water partition coefficient (Wildman–Crippen LogP) is 2.88. The van der Waals surface area contributed by atoms with Crippen LogP contribution in [0.3, 0.4) is 0 Å². The third-order valence-electron chi connectivity index (χ3n) is 4.09. The number of hydrogen-bond donors (Lipinski definition) is 2. The molecule has 0 radical (unpaired) electrons. The molecular weight excluding hydrogens is 304 g/mol. The van der Waals surface area contributed by atoms with Crippen LogP contribution in [0.15, 0.2) is 11.0 Å². The summed E-state index contributed by atoms with van der Waals surface area (Å²) in [6.45, 7) is 9.43. The van der Waals surface area contributed by atoms with Crippen LogP contribution < -0.4 is 10.0 Å². The molecular formula is C15H26N2O2S2. The molecule has 2 N–H and O–H groups in total. The van der Waals surface area contributed by atoms with Gasteiger partial charge in [-0.3, -0.25) is 0 Å². The smallest absolute Gasteiger partial charge is 0.241 e. The monoisotopic (exact) mass is 330 g/mol. The number of thiophene rings is 1. The third kappa shape index (κ3) is 4.77. The van der Waals surface area contributed by atoms with E-state index in [-0.39, 0.29) is 0 Å². The Balaban J connectivity index is 2.00. The second-order valence-corrected chi connectivity index (χ2v) is 9.44. The van der Waals surface area contributed by atoms with Gasteiger partial charge in [-0.05, 0) is 37.7 Å². The summed E-state index contributed by atoms with van der Waals surface area (Å²) in [6.07, 6.45) is 2.48. The Morgan fingerprint density at radius 3 is 2.57 bits per heavy atom. The molecule has 1 unspecified atom stereocenters. The van der Waals surface area contributed by atoms with Crippen molar-refractivity contribution in [2.24, 2.45) is 11.8 Å². The topological polar surface area (TPSA) is 58.2 Å². The Morgan fingerprint density at radius 1 is 1.33 bits per heavy atom. The van der Waals surface area contributed by atoms with Gasteiger partial charge >= 0.3 is 0 Å². The van der Waals surface area contributed by atoms with Gasteiger partial charge in [0.25, 0.3) is 0 Å². The average molecular weight is 331 g/mol. The van der Waals surface area contributed by atoms with Gasteiger partial charge in [0.1, 0.15) is 0 Å². The molecule has 1 aliphatic carbocycles. The van der Waals surface area contributed by atoms with Crippen LogP contribution in [-0.2, 0) is 16.6 Å². The SMILES string of the molecule is Cc1sc(CNC2CC2)cc1S(=O)(=O)NCC(C)C(C)C. The van der Waals surface area contributed by atoms with Gasteiger partial charge in [0.2, 0.25) is 10.0 Å². The number of rotatable bonds is 8. The lowest BCUT2D eigenvalue weighted by Gasteiger charge is -2.16. The van der Waals surface area contributed by atoms with Crippen LogP contribution in [-0.4, -0.2) is 21.0 Å². The number of sulfonamides is 1. The van der Waals surface area contributed by atoms with Crippen molar-refractivity contribution < 1.29 is 8.42 Å². The first-order valence-corrected chi connectivity index (χ1v) is 9.92. The molecule has 0 amide bonds. The summed E-state index contributed by atoms with van der Waals surface area (Å²) < 4.78 is 27.6. The quantitative estimate of drug-likeness (QED) is 0.770. The minimum atomic E-state index is -3.39. The first-order valence-electron chi connectivity index (χ1n) is 7.62. The van der Waals surface area contributed by atoms with Crippen molar-refractivity contribution in [3.63, 3.8) is 0 Å². The summed E-state index contributed by atoms with van der Waals surface area (Å²) in [5.41, 5.74) is 0. The molecule has 0 bridgehead atoms. The lowest BCUT2D eigenvalue weighted by molar-refractivity contribution is 0.414. The van der Waals surface area contributed by atoms with E-state index in [4.69, 9.17) is 0 Å². The van der Waals surface area contributed by atoms with Crippen molar-refractivity contribution in [2.75, 3.05) is 6.54 Å². The molecule has 1 saturated carbocycles. The van der Waals surface area contributed by atoms with E-state index in [0.29, 0.717) is 29.3 Å². The molecule has 6 heteroatoms. The van der Waals surface area contributed by atoms with E-state index >= 15 is 0 Å². The zero-order valence-corrected chi connectivity index (χ0v) is 14.9. The van der Waals surface area contributed by atoms with Crippen LogP contribution in [0.2, 0.25) is 0 Å². The fourth-order valence-corrected chi connectivity index (χ4v) is 4.69. The summed E-state index contributed by atoms with van der Waals surface area (Å²) in [5, 5.41) is 3.43. The molecule has 4 nitrogen and oxygen atoms in total. The lowest BCUT2D eigenvalue weighted by atomic mass is 9.99. The molecule has 1 aromatic rings. The molecule has 1 heterocycles. The van der Waals surface area contributed by atoms with E-state index in [2.05, 4.69) is 30.8 Å². The number of aryl methyl sites for hydroxylation is 1. The van der Waals surface area contributed by atoms with Crippen molar-refractivity contribution in [3.8, 4) is 0 Å². The second-order valence-electron chi connectivity index (χ2n) is 6.36. The van der Waals surface area contributed by atoms with Crippen LogP contribution in [0.25, 0.3) is 0 Å². The highest BCUT2D eigenvalue weighted by molar-refractivity contribution is 7.89. The van der Waals surface area contributed by atoms with Gasteiger partial charge in [-0.2, -0.15) is 0 Å². The maximum Gasteiger partial charge on any atom is 0.241 e. The molecule has 1 fully saturated rings. The van der Waals surface area contributed by atoms with Gasteiger partial charge in [-0.25, -0.2) is 13.1 Å². The van der Waals surface area contributed by atoms with Gasteiger partial charge in [0, 0.05) is 28.9 Å². The molecule has 2 rings (SSSR count). The van der Waals surface area contributed by atoms with E-state index in [9.17, 15) is 8.42 Å². The minimum Gasteiger partial charge on any atom is -0.309 e. The molecule has 0 aromatic carbocycles. The third-order valence-corrected chi connectivity index (χ3v) is 6.82. The zero-order valence-electron chi connectivity index (χ0n) is 13.3. The average Bonchev–Trinajstić information content (AvgIpc) is 3.16. The van der Waals surface area contributed by atoms with E-state index in [0.717, 1.165) is 16.3 Å². The first-order chi connectivity index (χ1) is 9.79. The van der Waals surface area contributed by atoms with Crippen molar-refractivity contribution in [1.29, 1.82) is 0 Å². The predicted molar refractivity (Wildman–Crippen MR) is 88.1 cm³/mol. The largest absolute Gasteiger partial charge is 0.309 e. The van der Waals surface area contributed by atoms with Gasteiger partial charge in [-0.15, -0.1) is 11.3 Å². The Hall–Kier alpha value is -0.430. The van der Waals surface area contributed by atoms with Crippen molar-refractivity contribution in [1.82, 2.24) is 10.0 Å². The van der Waals surface area contributed by atoms with Crippen LogP contribution in [0.1, 0.15) is 43.4 Å². The zero-order chi connectivity index (χ0) is 15.6. The summed E-state index contributed by atoms with van der Waals surface area (Å²) in [6, 6.07) is 2.45. The minimum absolute atomic E-state index is 0.328. The maximum atomic E-state index is 12.4. The Kier molecular flexibility index (Phi) is 5.46. The standard InChI is InChI=1S/C15H26N2O2S2/c1-10(2)11(3)8-17-21(18,19)15-7-14(20-12(15)4)9-16-13-5-6-13/h7,10-11,13,16-17H,5-6,8-9H2,1-4H3. The second kappa shape index (κ2) is 6.77. The van der Waals surface area contributed by atoms with Gasteiger partial charge in [0.15, 0.2) is 0 Å². The molecule has 0 spiro atoms. The highest BCUT2D eigenvalue weighted by atomic mass is 32.2. The molecule has 1 atom stereocenters. The highest BCUT2D eigenvalue weighted by Crippen LogP contribution is 2.27. The van der Waals surface area contributed by atoms with Crippen LogP contribution in [0, 0.1) is 18.8 Å². The van der Waals surface area contributed by atoms with E-state index in [1.807, 2.05) is 13.0 Å². The molecule has 120 valence electrons. The van der Waals surface area contributed by atoms with Gasteiger partial charge in [0.05, 0.1) is 4.90 Å². The highest BCUT2D eigenvalue weighted by Gasteiger charge is 2.23. The molecule has 1 aromatic heterocycles. The summed E-state index contributed by atoms with van der Waals surface area (Å²) in [5.74, 6) is 0.796. The number of nitrogens with one attached hydrogen (secondary N) is 2. The van der Waals surface area contributed by atoms with Gasteiger partial charge < -0.3 is 5.32 Å². The molecule has 0 aliphatic heterocycles. The van der Waals surface area contributed by atoms with Crippen LogP contribution in [0.5, 0.6) is 0 Å². The van der Waals surface area contributed by atoms with Crippen molar-refractivity contribution in [2.45, 2.75) is 58.0 Å². The molecule has 21 heavy (non-hydrogen) atoms.